The predicted molar refractivity (Wildman–Crippen MR) is 108 cm³/mol. The van der Waals surface area contributed by atoms with E-state index in [0.717, 1.165) is 24.0 Å². The third-order valence-electron chi connectivity index (χ3n) is 5.31. The number of carbonyl (C=O) groups is 2. The van der Waals surface area contributed by atoms with Crippen LogP contribution in [0, 0.1) is 0 Å². The lowest BCUT2D eigenvalue weighted by molar-refractivity contribution is -0.148. The van der Waals surface area contributed by atoms with Gasteiger partial charge in [-0.25, -0.2) is 4.79 Å². The maximum atomic E-state index is 13.4. The minimum Gasteiger partial charge on any atom is -0.467 e. The van der Waals surface area contributed by atoms with Crippen molar-refractivity contribution < 1.29 is 19.1 Å². The highest BCUT2D eigenvalue weighted by Crippen LogP contribution is 2.29. The Morgan fingerprint density at radius 1 is 1.07 bits per heavy atom. The van der Waals surface area contributed by atoms with Crippen LogP contribution < -0.4 is 0 Å². The molecule has 0 N–H and O–H groups in total. The SMILES string of the molecule is CCCc1ccc(-c2ccccc2C(=O)N2CC[C@H](OC)[C@H]2C(=O)OC)cc1. The lowest BCUT2D eigenvalue weighted by Gasteiger charge is -2.26. The van der Waals surface area contributed by atoms with E-state index in [-0.39, 0.29) is 12.0 Å². The largest absolute Gasteiger partial charge is 0.467 e. The molecule has 148 valence electrons. The van der Waals surface area contributed by atoms with E-state index in [2.05, 4.69) is 31.2 Å². The van der Waals surface area contributed by atoms with Crippen molar-refractivity contribution in [1.29, 1.82) is 0 Å². The molecular weight excluding hydrogens is 354 g/mol. The van der Waals surface area contributed by atoms with Crippen molar-refractivity contribution >= 4 is 11.9 Å². The van der Waals surface area contributed by atoms with Crippen LogP contribution in [0.1, 0.15) is 35.7 Å². The van der Waals surface area contributed by atoms with Crippen molar-refractivity contribution in [1.82, 2.24) is 4.90 Å². The first-order valence-corrected chi connectivity index (χ1v) is 9.70. The first kappa shape index (κ1) is 20.1. The third kappa shape index (κ3) is 3.94. The number of hydrogen-bond donors (Lipinski definition) is 0. The molecule has 5 nitrogen and oxygen atoms in total. The van der Waals surface area contributed by atoms with Crippen molar-refractivity contribution in [3.8, 4) is 11.1 Å². The van der Waals surface area contributed by atoms with Crippen molar-refractivity contribution in [2.75, 3.05) is 20.8 Å². The van der Waals surface area contributed by atoms with E-state index in [9.17, 15) is 9.59 Å². The summed E-state index contributed by atoms with van der Waals surface area (Å²) in [5, 5.41) is 0. The van der Waals surface area contributed by atoms with Gasteiger partial charge in [0.1, 0.15) is 0 Å². The third-order valence-corrected chi connectivity index (χ3v) is 5.31. The average molecular weight is 381 g/mol. The van der Waals surface area contributed by atoms with Crippen LogP contribution in [-0.4, -0.2) is 49.7 Å². The fourth-order valence-electron chi connectivity index (χ4n) is 3.85. The summed E-state index contributed by atoms with van der Waals surface area (Å²) < 4.78 is 10.3. The molecule has 2 atom stereocenters. The molecule has 0 aromatic heterocycles. The molecule has 1 aliphatic heterocycles. The quantitative estimate of drug-likeness (QED) is 0.716. The summed E-state index contributed by atoms with van der Waals surface area (Å²) in [7, 11) is 2.89. The number of likely N-dealkylation sites (tertiary alicyclic amines) is 1. The number of nitrogens with zero attached hydrogens (tertiary/aromatic N) is 1. The molecule has 0 bridgehead atoms. The van der Waals surface area contributed by atoms with E-state index in [0.29, 0.717) is 18.5 Å². The number of ether oxygens (including phenoxy) is 2. The molecule has 0 aliphatic carbocycles. The Bertz CT molecular complexity index is 831. The van der Waals surface area contributed by atoms with E-state index >= 15 is 0 Å². The zero-order valence-corrected chi connectivity index (χ0v) is 16.7. The van der Waals surface area contributed by atoms with Gasteiger partial charge < -0.3 is 14.4 Å². The van der Waals surface area contributed by atoms with E-state index in [1.807, 2.05) is 24.3 Å². The second kappa shape index (κ2) is 9.02. The van der Waals surface area contributed by atoms with Crippen molar-refractivity contribution in [2.24, 2.45) is 0 Å². The van der Waals surface area contributed by atoms with Gasteiger partial charge in [0.15, 0.2) is 6.04 Å². The Balaban J connectivity index is 1.93. The summed E-state index contributed by atoms with van der Waals surface area (Å²) in [4.78, 5) is 27.2. The lowest BCUT2D eigenvalue weighted by atomic mass is 9.97. The molecule has 1 saturated heterocycles. The van der Waals surface area contributed by atoms with Crippen LogP contribution in [0.5, 0.6) is 0 Å². The molecule has 2 aromatic rings. The number of methoxy groups -OCH3 is 2. The minimum atomic E-state index is -0.720. The monoisotopic (exact) mass is 381 g/mol. The zero-order valence-electron chi connectivity index (χ0n) is 16.7. The van der Waals surface area contributed by atoms with Crippen molar-refractivity contribution in [3.05, 3.63) is 59.7 Å². The number of amides is 1. The number of rotatable bonds is 6. The maximum Gasteiger partial charge on any atom is 0.331 e. The van der Waals surface area contributed by atoms with Crippen molar-refractivity contribution in [2.45, 2.75) is 38.3 Å². The fourth-order valence-corrected chi connectivity index (χ4v) is 3.85. The van der Waals surface area contributed by atoms with Gasteiger partial charge >= 0.3 is 5.97 Å². The Labute approximate surface area is 166 Å². The van der Waals surface area contributed by atoms with Gasteiger partial charge in [-0.15, -0.1) is 0 Å². The average Bonchev–Trinajstić information content (AvgIpc) is 3.17. The smallest absolute Gasteiger partial charge is 0.331 e. The number of benzene rings is 2. The molecule has 28 heavy (non-hydrogen) atoms. The van der Waals surface area contributed by atoms with Crippen LogP contribution in [0.2, 0.25) is 0 Å². The van der Waals surface area contributed by atoms with Crippen LogP contribution in [0.15, 0.2) is 48.5 Å². The molecule has 1 heterocycles. The molecule has 0 radical (unpaired) electrons. The molecule has 3 rings (SSSR count). The summed E-state index contributed by atoms with van der Waals surface area (Å²) in [6.07, 6.45) is 2.39. The van der Waals surface area contributed by atoms with E-state index < -0.39 is 12.0 Å². The Morgan fingerprint density at radius 2 is 1.79 bits per heavy atom. The highest BCUT2D eigenvalue weighted by Gasteiger charge is 2.43. The predicted octanol–water partition coefficient (Wildman–Crippen LogP) is 3.71. The maximum absolute atomic E-state index is 13.4. The topological polar surface area (TPSA) is 55.8 Å². The minimum absolute atomic E-state index is 0.178. The lowest BCUT2D eigenvalue weighted by Crippen LogP contribution is -2.46. The summed E-state index contributed by atoms with van der Waals surface area (Å²) >= 11 is 0. The zero-order chi connectivity index (χ0) is 20.1. The van der Waals surface area contributed by atoms with Crippen LogP contribution in [0.3, 0.4) is 0 Å². The standard InChI is InChI=1S/C23H27NO4/c1-4-7-16-10-12-17(13-11-16)18-8-5-6-9-19(18)22(25)24-15-14-20(27-2)21(24)23(26)28-3/h5-6,8-13,20-21H,4,7,14-15H2,1-3H3/t20-,21-/m0/s1. The Kier molecular flexibility index (Phi) is 6.47. The number of aryl methyl sites for hydroxylation is 1. The number of esters is 1. The van der Waals surface area contributed by atoms with Crippen LogP contribution in [0.4, 0.5) is 0 Å². The molecule has 1 aliphatic rings. The van der Waals surface area contributed by atoms with Gasteiger partial charge in [0.05, 0.1) is 13.2 Å². The summed E-state index contributed by atoms with van der Waals surface area (Å²) in [5.41, 5.74) is 3.71. The van der Waals surface area contributed by atoms with Gasteiger partial charge in [0, 0.05) is 19.2 Å². The molecule has 5 heteroatoms. The molecular formula is C23H27NO4. The van der Waals surface area contributed by atoms with Crippen LogP contribution in [-0.2, 0) is 20.7 Å². The fraction of sp³-hybridized carbons (Fsp3) is 0.391. The highest BCUT2D eigenvalue weighted by atomic mass is 16.5. The van der Waals surface area contributed by atoms with E-state index in [1.165, 1.54) is 12.7 Å². The first-order chi connectivity index (χ1) is 13.6. The summed E-state index contributed by atoms with van der Waals surface area (Å²) in [6, 6.07) is 15.1. The number of carbonyl (C=O) groups excluding carboxylic acids is 2. The number of hydrogen-bond acceptors (Lipinski definition) is 4. The van der Waals surface area contributed by atoms with E-state index in [4.69, 9.17) is 9.47 Å². The Morgan fingerprint density at radius 3 is 2.43 bits per heavy atom. The second-order valence-electron chi connectivity index (χ2n) is 7.02. The Hall–Kier alpha value is -2.66. The van der Waals surface area contributed by atoms with E-state index in [1.54, 1.807) is 12.0 Å². The molecule has 1 amide bonds. The highest BCUT2D eigenvalue weighted by molar-refractivity contribution is 6.02. The van der Waals surface area contributed by atoms with Crippen LogP contribution in [0.25, 0.3) is 11.1 Å². The van der Waals surface area contributed by atoms with Gasteiger partial charge in [0.2, 0.25) is 0 Å². The molecule has 1 fully saturated rings. The first-order valence-electron chi connectivity index (χ1n) is 9.70. The van der Waals surface area contributed by atoms with Crippen molar-refractivity contribution in [3.63, 3.8) is 0 Å². The van der Waals surface area contributed by atoms with Gasteiger partial charge in [-0.2, -0.15) is 0 Å². The molecule has 0 unspecified atom stereocenters. The van der Waals surface area contributed by atoms with Crippen LogP contribution >= 0.6 is 0 Å². The van der Waals surface area contributed by atoms with Gasteiger partial charge in [-0.3, -0.25) is 4.79 Å². The normalized spacial score (nSPS) is 18.9. The van der Waals surface area contributed by atoms with Gasteiger partial charge in [-0.1, -0.05) is 55.8 Å². The second-order valence-corrected chi connectivity index (χ2v) is 7.02. The summed E-state index contributed by atoms with van der Waals surface area (Å²) in [5.74, 6) is -0.623. The summed E-state index contributed by atoms with van der Waals surface area (Å²) in [6.45, 7) is 2.61. The van der Waals surface area contributed by atoms with Gasteiger partial charge in [0.25, 0.3) is 5.91 Å². The molecule has 2 aromatic carbocycles. The molecule has 0 spiro atoms. The van der Waals surface area contributed by atoms with Gasteiger partial charge in [-0.05, 0) is 35.6 Å². The molecule has 0 saturated carbocycles.